The standard InChI is InChI=1S/C15H22ClFN4O4/c1-2-9-12(16)20-13(18-9)14(22)19-10-4-6-21(15(23)24)8-11(10)25-7-3-5-17/h10-11H,2-8H2,1H3,(H,18,20)(H,19,22)(H,23,24)/t10-,11+/m1/s1. The number of halogens is 2. The molecule has 10 heteroatoms. The molecule has 3 N–H and O–H groups in total. The van der Waals surface area contributed by atoms with Gasteiger partial charge in [0, 0.05) is 13.2 Å². The lowest BCUT2D eigenvalue weighted by Gasteiger charge is -2.37. The number of nitrogens with one attached hydrogen (secondary N) is 2. The van der Waals surface area contributed by atoms with Crippen LogP contribution in [0.25, 0.3) is 0 Å². The van der Waals surface area contributed by atoms with E-state index >= 15 is 0 Å². The number of piperidine rings is 1. The van der Waals surface area contributed by atoms with Gasteiger partial charge in [0.15, 0.2) is 11.0 Å². The monoisotopic (exact) mass is 376 g/mol. The molecule has 1 aromatic rings. The number of amides is 2. The summed E-state index contributed by atoms with van der Waals surface area (Å²) in [5.41, 5.74) is 0.670. The maximum Gasteiger partial charge on any atom is 0.407 e. The van der Waals surface area contributed by atoms with E-state index < -0.39 is 30.8 Å². The molecule has 25 heavy (non-hydrogen) atoms. The SMILES string of the molecule is CCc1[nH]c(C(=O)N[C@@H]2CCN(C(=O)O)C[C@@H]2OCCCF)nc1Cl. The molecule has 0 aromatic carbocycles. The lowest BCUT2D eigenvalue weighted by Crippen LogP contribution is -2.56. The van der Waals surface area contributed by atoms with E-state index in [2.05, 4.69) is 15.3 Å². The first kappa shape index (κ1) is 19.5. The summed E-state index contributed by atoms with van der Waals surface area (Å²) in [7, 11) is 0. The number of aromatic nitrogens is 2. The number of alkyl halides is 1. The molecule has 140 valence electrons. The van der Waals surface area contributed by atoms with Crippen LogP contribution in [0.3, 0.4) is 0 Å². The van der Waals surface area contributed by atoms with Crippen molar-refractivity contribution in [2.45, 2.75) is 38.3 Å². The maximum atomic E-state index is 12.4. The zero-order valence-corrected chi connectivity index (χ0v) is 14.7. The number of hydrogen-bond acceptors (Lipinski definition) is 4. The first-order valence-corrected chi connectivity index (χ1v) is 8.54. The van der Waals surface area contributed by atoms with Crippen LogP contribution >= 0.6 is 11.6 Å². The fourth-order valence-corrected chi connectivity index (χ4v) is 2.95. The molecular formula is C15H22ClFN4O4. The molecule has 2 amide bonds. The summed E-state index contributed by atoms with van der Waals surface area (Å²) in [6, 6.07) is -0.392. The molecule has 0 unspecified atom stereocenters. The molecule has 0 saturated carbocycles. The Morgan fingerprint density at radius 3 is 2.92 bits per heavy atom. The predicted molar refractivity (Wildman–Crippen MR) is 88.8 cm³/mol. The number of rotatable bonds is 7. The summed E-state index contributed by atoms with van der Waals surface area (Å²) >= 11 is 5.94. The Balaban J connectivity index is 2.03. The van der Waals surface area contributed by atoms with Gasteiger partial charge in [-0.3, -0.25) is 9.18 Å². The first-order valence-electron chi connectivity index (χ1n) is 8.16. The van der Waals surface area contributed by atoms with E-state index in [9.17, 15) is 14.0 Å². The lowest BCUT2D eigenvalue weighted by molar-refractivity contribution is -0.0185. The molecule has 0 spiro atoms. The Kier molecular flexibility index (Phi) is 7.01. The number of likely N-dealkylation sites (tertiary alicyclic amines) is 1. The molecule has 2 heterocycles. The van der Waals surface area contributed by atoms with Crippen molar-refractivity contribution in [3.8, 4) is 0 Å². The van der Waals surface area contributed by atoms with Crippen LogP contribution < -0.4 is 5.32 Å². The number of nitrogens with zero attached hydrogens (tertiary/aromatic N) is 2. The van der Waals surface area contributed by atoms with Gasteiger partial charge in [-0.05, 0) is 19.3 Å². The largest absolute Gasteiger partial charge is 0.465 e. The van der Waals surface area contributed by atoms with E-state index in [0.717, 1.165) is 0 Å². The molecule has 8 nitrogen and oxygen atoms in total. The minimum absolute atomic E-state index is 0.102. The Bertz CT molecular complexity index is 612. The van der Waals surface area contributed by atoms with Crippen molar-refractivity contribution < 1.29 is 23.8 Å². The molecule has 0 aliphatic carbocycles. The Labute approximate surface area is 149 Å². The van der Waals surface area contributed by atoms with Crippen molar-refractivity contribution in [2.75, 3.05) is 26.4 Å². The van der Waals surface area contributed by atoms with E-state index in [1.54, 1.807) is 0 Å². The zero-order chi connectivity index (χ0) is 18.4. The Morgan fingerprint density at radius 1 is 1.56 bits per heavy atom. The molecule has 2 atom stereocenters. The number of aromatic amines is 1. The van der Waals surface area contributed by atoms with Gasteiger partial charge in [-0.1, -0.05) is 18.5 Å². The third-order valence-corrected chi connectivity index (χ3v) is 4.37. The van der Waals surface area contributed by atoms with Gasteiger partial charge in [0.2, 0.25) is 0 Å². The van der Waals surface area contributed by atoms with E-state index in [0.29, 0.717) is 18.5 Å². The quantitative estimate of drug-likeness (QED) is 0.629. The zero-order valence-electron chi connectivity index (χ0n) is 13.9. The second-order valence-electron chi connectivity index (χ2n) is 5.76. The normalized spacial score (nSPS) is 20.5. The number of hydrogen-bond donors (Lipinski definition) is 3. The smallest absolute Gasteiger partial charge is 0.407 e. The summed E-state index contributed by atoms with van der Waals surface area (Å²) in [6.07, 6.45) is -0.359. The maximum absolute atomic E-state index is 12.4. The van der Waals surface area contributed by atoms with Gasteiger partial charge >= 0.3 is 6.09 Å². The van der Waals surface area contributed by atoms with Crippen molar-refractivity contribution in [2.24, 2.45) is 0 Å². The van der Waals surface area contributed by atoms with Gasteiger partial charge in [-0.15, -0.1) is 0 Å². The minimum atomic E-state index is -1.05. The fourth-order valence-electron chi connectivity index (χ4n) is 2.68. The van der Waals surface area contributed by atoms with E-state index in [-0.39, 0.29) is 37.1 Å². The summed E-state index contributed by atoms with van der Waals surface area (Å²) in [5.74, 6) is -0.334. The third-order valence-electron chi connectivity index (χ3n) is 4.05. The summed E-state index contributed by atoms with van der Waals surface area (Å²) in [4.78, 5) is 31.6. The highest BCUT2D eigenvalue weighted by molar-refractivity contribution is 6.30. The molecule has 1 aliphatic rings. The predicted octanol–water partition coefficient (Wildman–Crippen LogP) is 1.85. The highest BCUT2D eigenvalue weighted by Gasteiger charge is 2.33. The number of ether oxygens (including phenoxy) is 1. The number of H-pyrrole nitrogens is 1. The highest BCUT2D eigenvalue weighted by atomic mass is 35.5. The van der Waals surface area contributed by atoms with E-state index in [1.807, 2.05) is 6.92 Å². The molecule has 1 aliphatic heterocycles. The summed E-state index contributed by atoms with van der Waals surface area (Å²) in [6.45, 7) is 1.93. The van der Waals surface area contributed by atoms with Crippen molar-refractivity contribution in [1.29, 1.82) is 0 Å². The Morgan fingerprint density at radius 2 is 2.32 bits per heavy atom. The van der Waals surface area contributed by atoms with Gasteiger partial charge in [-0.2, -0.15) is 0 Å². The van der Waals surface area contributed by atoms with Crippen LogP contribution in [0.4, 0.5) is 9.18 Å². The topological polar surface area (TPSA) is 108 Å². The highest BCUT2D eigenvalue weighted by Crippen LogP contribution is 2.17. The fraction of sp³-hybridized carbons (Fsp3) is 0.667. The number of aryl methyl sites for hydroxylation is 1. The number of carboxylic acid groups (broad SMARTS) is 1. The summed E-state index contributed by atoms with van der Waals surface area (Å²) in [5, 5.41) is 12.2. The van der Waals surface area contributed by atoms with Crippen molar-refractivity contribution >= 4 is 23.6 Å². The number of carbonyl (C=O) groups is 2. The molecule has 1 aromatic heterocycles. The first-order chi connectivity index (χ1) is 12.0. The molecular weight excluding hydrogens is 355 g/mol. The average molecular weight is 377 g/mol. The number of imidazole rings is 1. The van der Waals surface area contributed by atoms with Crippen LogP contribution in [0.1, 0.15) is 36.1 Å². The van der Waals surface area contributed by atoms with Crippen LogP contribution in [0, 0.1) is 0 Å². The molecule has 0 bridgehead atoms. The van der Waals surface area contributed by atoms with Crippen molar-refractivity contribution in [1.82, 2.24) is 20.2 Å². The van der Waals surface area contributed by atoms with Gasteiger partial charge in [0.1, 0.15) is 0 Å². The summed E-state index contributed by atoms with van der Waals surface area (Å²) < 4.78 is 17.9. The third kappa shape index (κ3) is 5.05. The van der Waals surface area contributed by atoms with Crippen molar-refractivity contribution in [3.05, 3.63) is 16.7 Å². The lowest BCUT2D eigenvalue weighted by atomic mass is 10.0. The minimum Gasteiger partial charge on any atom is -0.465 e. The van der Waals surface area contributed by atoms with Crippen molar-refractivity contribution in [3.63, 3.8) is 0 Å². The van der Waals surface area contributed by atoms with Crippen LogP contribution in [-0.4, -0.2) is 70.5 Å². The van der Waals surface area contributed by atoms with Gasteiger partial charge in [0.25, 0.3) is 5.91 Å². The van der Waals surface area contributed by atoms with Crippen LogP contribution in [0.15, 0.2) is 0 Å². The number of carbonyl (C=O) groups excluding carboxylic acids is 1. The van der Waals surface area contributed by atoms with E-state index in [1.165, 1.54) is 4.90 Å². The molecule has 1 fully saturated rings. The van der Waals surface area contributed by atoms with Gasteiger partial charge < -0.3 is 25.0 Å². The Hall–Kier alpha value is -1.87. The van der Waals surface area contributed by atoms with E-state index in [4.69, 9.17) is 21.4 Å². The molecule has 1 saturated heterocycles. The van der Waals surface area contributed by atoms with Crippen LogP contribution in [0.5, 0.6) is 0 Å². The molecule has 2 rings (SSSR count). The van der Waals surface area contributed by atoms with Gasteiger partial charge in [0.05, 0.1) is 31.1 Å². The van der Waals surface area contributed by atoms with Crippen LogP contribution in [-0.2, 0) is 11.2 Å². The van der Waals surface area contributed by atoms with Crippen LogP contribution in [0.2, 0.25) is 5.15 Å². The average Bonchev–Trinajstić information content (AvgIpc) is 2.97. The second kappa shape index (κ2) is 9.00. The second-order valence-corrected chi connectivity index (χ2v) is 6.12. The molecule has 0 radical (unpaired) electrons. The van der Waals surface area contributed by atoms with Gasteiger partial charge in [-0.25, -0.2) is 9.78 Å².